The van der Waals surface area contributed by atoms with Crippen LogP contribution in [0.5, 0.6) is 0 Å². The zero-order chi connectivity index (χ0) is 14.7. The molecule has 0 spiro atoms. The van der Waals surface area contributed by atoms with Crippen molar-refractivity contribution in [3.05, 3.63) is 39.3 Å². The van der Waals surface area contributed by atoms with E-state index in [2.05, 4.69) is 31.6 Å². The minimum absolute atomic E-state index is 0.0485. The maximum absolute atomic E-state index is 13.1. The second-order valence-corrected chi connectivity index (χ2v) is 5.17. The van der Waals surface area contributed by atoms with Crippen LogP contribution in [-0.2, 0) is 17.9 Å². The number of carbonyl (C=O) groups is 1. The van der Waals surface area contributed by atoms with E-state index in [4.69, 9.17) is 17.3 Å². The van der Waals surface area contributed by atoms with E-state index >= 15 is 0 Å². The number of nitrogens with one attached hydrogen (secondary N) is 1. The number of halogens is 3. The topological polar surface area (TPSA) is 85.8 Å². The Morgan fingerprint density at radius 1 is 1.55 bits per heavy atom. The number of amides is 1. The zero-order valence-corrected chi connectivity index (χ0v) is 12.4. The van der Waals surface area contributed by atoms with Crippen LogP contribution in [0.4, 0.5) is 10.1 Å². The van der Waals surface area contributed by atoms with Gasteiger partial charge in [-0.15, -0.1) is 5.10 Å². The predicted octanol–water partition coefficient (Wildman–Crippen LogP) is 1.93. The summed E-state index contributed by atoms with van der Waals surface area (Å²) in [4.78, 5) is 11.9. The highest BCUT2D eigenvalue weighted by Crippen LogP contribution is 2.31. The molecule has 0 aliphatic carbocycles. The SMILES string of the molecule is NCc1cn(CC(=O)Nc2c(Cl)cc(F)cc2Br)nn1. The molecular formula is C11H10BrClFN5O. The van der Waals surface area contributed by atoms with Gasteiger partial charge in [0.05, 0.1) is 22.6 Å². The van der Waals surface area contributed by atoms with E-state index in [-0.39, 0.29) is 24.0 Å². The molecule has 0 bridgehead atoms. The zero-order valence-electron chi connectivity index (χ0n) is 10.1. The largest absolute Gasteiger partial charge is 0.325 e. The summed E-state index contributed by atoms with van der Waals surface area (Å²) < 4.78 is 14.8. The minimum Gasteiger partial charge on any atom is -0.325 e. The molecule has 1 heterocycles. The van der Waals surface area contributed by atoms with E-state index in [1.165, 1.54) is 10.7 Å². The third-order valence-electron chi connectivity index (χ3n) is 2.37. The Kier molecular flexibility index (Phi) is 4.69. The number of nitrogens with zero attached hydrogens (tertiary/aromatic N) is 3. The monoisotopic (exact) mass is 361 g/mol. The van der Waals surface area contributed by atoms with Crippen LogP contribution in [0.1, 0.15) is 5.69 Å². The highest BCUT2D eigenvalue weighted by atomic mass is 79.9. The van der Waals surface area contributed by atoms with Gasteiger partial charge in [-0.2, -0.15) is 0 Å². The van der Waals surface area contributed by atoms with Gasteiger partial charge in [0.1, 0.15) is 12.4 Å². The van der Waals surface area contributed by atoms with Crippen molar-refractivity contribution in [1.29, 1.82) is 0 Å². The molecule has 0 fully saturated rings. The van der Waals surface area contributed by atoms with Crippen LogP contribution in [0.2, 0.25) is 5.02 Å². The third kappa shape index (κ3) is 3.53. The number of hydrogen-bond donors (Lipinski definition) is 2. The van der Waals surface area contributed by atoms with Gasteiger partial charge in [0, 0.05) is 11.0 Å². The number of carbonyl (C=O) groups excluding carboxylic acids is 1. The van der Waals surface area contributed by atoms with E-state index in [1.807, 2.05) is 0 Å². The van der Waals surface area contributed by atoms with Gasteiger partial charge in [-0.1, -0.05) is 16.8 Å². The molecule has 1 aromatic carbocycles. The maximum atomic E-state index is 13.1. The molecule has 2 aromatic rings. The molecule has 3 N–H and O–H groups in total. The molecule has 0 saturated carbocycles. The Morgan fingerprint density at radius 2 is 2.30 bits per heavy atom. The number of nitrogens with two attached hydrogens (primary N) is 1. The molecule has 0 atom stereocenters. The number of rotatable bonds is 4. The Hall–Kier alpha value is -1.51. The first kappa shape index (κ1) is 14.9. The standard InChI is InChI=1S/C11H10BrClFN5O/c12-8-1-6(14)2-9(13)11(8)16-10(20)5-19-4-7(3-15)17-18-19/h1-2,4H,3,5,15H2,(H,16,20). The van der Waals surface area contributed by atoms with Gasteiger partial charge in [-0.3, -0.25) is 4.79 Å². The van der Waals surface area contributed by atoms with Crippen molar-refractivity contribution in [1.82, 2.24) is 15.0 Å². The quantitative estimate of drug-likeness (QED) is 0.870. The van der Waals surface area contributed by atoms with Crippen LogP contribution in [0, 0.1) is 5.82 Å². The summed E-state index contributed by atoms with van der Waals surface area (Å²) in [5, 5.41) is 10.2. The van der Waals surface area contributed by atoms with Gasteiger partial charge < -0.3 is 11.1 Å². The lowest BCUT2D eigenvalue weighted by molar-refractivity contribution is -0.116. The normalized spacial score (nSPS) is 10.6. The molecule has 106 valence electrons. The van der Waals surface area contributed by atoms with Gasteiger partial charge in [0.2, 0.25) is 5.91 Å². The summed E-state index contributed by atoms with van der Waals surface area (Å²) in [5.74, 6) is -0.864. The van der Waals surface area contributed by atoms with Crippen LogP contribution in [0.3, 0.4) is 0 Å². The lowest BCUT2D eigenvalue weighted by Gasteiger charge is -2.09. The summed E-state index contributed by atoms with van der Waals surface area (Å²) in [5.41, 5.74) is 6.28. The minimum atomic E-state index is -0.497. The highest BCUT2D eigenvalue weighted by Gasteiger charge is 2.12. The summed E-state index contributed by atoms with van der Waals surface area (Å²) >= 11 is 9.01. The molecule has 0 aliphatic heterocycles. The maximum Gasteiger partial charge on any atom is 0.246 e. The fourth-order valence-electron chi connectivity index (χ4n) is 1.50. The van der Waals surface area contributed by atoms with Crippen molar-refractivity contribution < 1.29 is 9.18 Å². The molecule has 6 nitrogen and oxygen atoms in total. The van der Waals surface area contributed by atoms with Crippen LogP contribution in [0.15, 0.2) is 22.8 Å². The number of anilines is 1. The van der Waals surface area contributed by atoms with Gasteiger partial charge in [0.15, 0.2) is 0 Å². The Morgan fingerprint density at radius 3 is 2.90 bits per heavy atom. The lowest BCUT2D eigenvalue weighted by atomic mass is 10.3. The summed E-state index contributed by atoms with van der Waals surface area (Å²) in [6, 6.07) is 2.33. The van der Waals surface area contributed by atoms with E-state index in [0.29, 0.717) is 15.9 Å². The summed E-state index contributed by atoms with van der Waals surface area (Å²) in [6.07, 6.45) is 1.57. The number of aromatic nitrogens is 3. The second kappa shape index (κ2) is 6.29. The first-order valence-electron chi connectivity index (χ1n) is 5.53. The van der Waals surface area contributed by atoms with Crippen molar-refractivity contribution in [3.8, 4) is 0 Å². The average Bonchev–Trinajstić information content (AvgIpc) is 2.81. The molecule has 0 radical (unpaired) electrons. The van der Waals surface area contributed by atoms with Crippen LogP contribution >= 0.6 is 27.5 Å². The summed E-state index contributed by atoms with van der Waals surface area (Å²) in [7, 11) is 0. The average molecular weight is 363 g/mol. The van der Waals surface area contributed by atoms with E-state index in [0.717, 1.165) is 6.07 Å². The fourth-order valence-corrected chi connectivity index (χ4v) is 2.40. The fraction of sp³-hybridized carbons (Fsp3) is 0.182. The molecular weight excluding hydrogens is 353 g/mol. The van der Waals surface area contributed by atoms with Crippen molar-refractivity contribution >= 4 is 39.1 Å². The van der Waals surface area contributed by atoms with E-state index in [1.54, 1.807) is 6.20 Å². The van der Waals surface area contributed by atoms with Crippen LogP contribution < -0.4 is 11.1 Å². The molecule has 0 aliphatic rings. The molecule has 1 aromatic heterocycles. The lowest BCUT2D eigenvalue weighted by Crippen LogP contribution is -2.19. The van der Waals surface area contributed by atoms with Crippen molar-refractivity contribution in [2.45, 2.75) is 13.1 Å². The van der Waals surface area contributed by atoms with E-state index in [9.17, 15) is 9.18 Å². The smallest absolute Gasteiger partial charge is 0.246 e. The van der Waals surface area contributed by atoms with E-state index < -0.39 is 5.82 Å². The van der Waals surface area contributed by atoms with Crippen LogP contribution in [-0.4, -0.2) is 20.9 Å². The molecule has 2 rings (SSSR count). The number of benzene rings is 1. The molecule has 20 heavy (non-hydrogen) atoms. The Labute approximate surface area is 127 Å². The predicted molar refractivity (Wildman–Crippen MR) is 75.7 cm³/mol. The van der Waals surface area contributed by atoms with Gasteiger partial charge in [-0.25, -0.2) is 9.07 Å². The van der Waals surface area contributed by atoms with Gasteiger partial charge in [0.25, 0.3) is 0 Å². The number of hydrogen-bond acceptors (Lipinski definition) is 4. The molecule has 1 amide bonds. The molecule has 0 saturated heterocycles. The second-order valence-electron chi connectivity index (χ2n) is 3.90. The van der Waals surface area contributed by atoms with Crippen molar-refractivity contribution in [3.63, 3.8) is 0 Å². The molecule has 9 heteroatoms. The van der Waals surface area contributed by atoms with Crippen molar-refractivity contribution in [2.75, 3.05) is 5.32 Å². The first-order valence-corrected chi connectivity index (χ1v) is 6.70. The first-order chi connectivity index (χ1) is 9.49. The van der Waals surface area contributed by atoms with Crippen molar-refractivity contribution in [2.24, 2.45) is 5.73 Å². The Bertz CT molecular complexity index is 624. The van der Waals surface area contributed by atoms with Gasteiger partial charge >= 0.3 is 0 Å². The third-order valence-corrected chi connectivity index (χ3v) is 3.30. The van der Waals surface area contributed by atoms with Gasteiger partial charge in [-0.05, 0) is 28.1 Å². The summed E-state index contributed by atoms with van der Waals surface area (Å²) in [6.45, 7) is 0.199. The Balaban J connectivity index is 2.08. The highest BCUT2D eigenvalue weighted by molar-refractivity contribution is 9.10. The molecule has 0 unspecified atom stereocenters. The van der Waals surface area contributed by atoms with Crippen LogP contribution in [0.25, 0.3) is 0 Å².